The van der Waals surface area contributed by atoms with Crippen LogP contribution in [0, 0.1) is 6.92 Å². The summed E-state index contributed by atoms with van der Waals surface area (Å²) < 4.78 is 35.6. The van der Waals surface area contributed by atoms with Crippen molar-refractivity contribution in [2.24, 2.45) is 0 Å². The molecule has 0 radical (unpaired) electrons. The van der Waals surface area contributed by atoms with Crippen LogP contribution in [-0.4, -0.2) is 23.6 Å². The topological polar surface area (TPSA) is 59.7 Å². The van der Waals surface area contributed by atoms with Gasteiger partial charge in [-0.1, -0.05) is 0 Å². The average Bonchev–Trinajstić information content (AvgIpc) is 2.64. The standard InChI is InChI=1S/C10H12F2O4/c1-3-15-9(14)10(11,12)8(13)7-5-4-6(2)16-7/h4-5,8,13H,3H2,1-2H3. The Labute approximate surface area is 90.8 Å². The second kappa shape index (κ2) is 4.61. The average molecular weight is 234 g/mol. The monoisotopic (exact) mass is 234 g/mol. The van der Waals surface area contributed by atoms with Crippen molar-refractivity contribution in [3.63, 3.8) is 0 Å². The molecule has 1 unspecified atom stereocenters. The van der Waals surface area contributed by atoms with Crippen molar-refractivity contribution < 1.29 is 27.8 Å². The predicted molar refractivity (Wildman–Crippen MR) is 50.0 cm³/mol. The van der Waals surface area contributed by atoms with E-state index in [9.17, 15) is 18.7 Å². The van der Waals surface area contributed by atoms with E-state index in [0.717, 1.165) is 0 Å². The molecule has 0 aromatic carbocycles. The van der Waals surface area contributed by atoms with Crippen molar-refractivity contribution in [2.45, 2.75) is 25.9 Å². The summed E-state index contributed by atoms with van der Waals surface area (Å²) in [5.41, 5.74) is 0. The number of ether oxygens (including phenoxy) is 1. The molecular weight excluding hydrogens is 222 g/mol. The first kappa shape index (κ1) is 12.6. The van der Waals surface area contributed by atoms with E-state index in [2.05, 4.69) is 4.74 Å². The molecule has 90 valence electrons. The van der Waals surface area contributed by atoms with Gasteiger partial charge in [-0.2, -0.15) is 8.78 Å². The van der Waals surface area contributed by atoms with Crippen molar-refractivity contribution in [2.75, 3.05) is 6.61 Å². The largest absolute Gasteiger partial charge is 0.463 e. The summed E-state index contributed by atoms with van der Waals surface area (Å²) in [5.74, 6) is -5.78. The van der Waals surface area contributed by atoms with Crippen molar-refractivity contribution in [1.82, 2.24) is 0 Å². The Morgan fingerprint density at radius 3 is 2.69 bits per heavy atom. The molecule has 0 saturated carbocycles. The quantitative estimate of drug-likeness (QED) is 0.807. The SMILES string of the molecule is CCOC(=O)C(F)(F)C(O)c1ccc(C)o1. The van der Waals surface area contributed by atoms with Gasteiger partial charge >= 0.3 is 11.9 Å². The van der Waals surface area contributed by atoms with Crippen LogP contribution in [0.1, 0.15) is 24.5 Å². The van der Waals surface area contributed by atoms with Gasteiger partial charge in [0.05, 0.1) is 6.61 Å². The van der Waals surface area contributed by atoms with Crippen molar-refractivity contribution >= 4 is 5.97 Å². The number of alkyl halides is 2. The molecule has 1 rings (SSSR count). The predicted octanol–water partition coefficient (Wildman–Crippen LogP) is 1.82. The van der Waals surface area contributed by atoms with Crippen LogP contribution >= 0.6 is 0 Å². The molecule has 1 aromatic rings. The lowest BCUT2D eigenvalue weighted by Gasteiger charge is -2.18. The van der Waals surface area contributed by atoms with Gasteiger partial charge < -0.3 is 14.3 Å². The van der Waals surface area contributed by atoms with E-state index in [1.807, 2.05) is 0 Å². The number of esters is 1. The van der Waals surface area contributed by atoms with E-state index in [4.69, 9.17) is 4.42 Å². The van der Waals surface area contributed by atoms with Gasteiger partial charge in [0.15, 0.2) is 6.10 Å². The van der Waals surface area contributed by atoms with Gasteiger partial charge in [0.2, 0.25) is 0 Å². The number of halogens is 2. The summed E-state index contributed by atoms with van der Waals surface area (Å²) in [7, 11) is 0. The van der Waals surface area contributed by atoms with Gasteiger partial charge in [0.1, 0.15) is 11.5 Å². The zero-order chi connectivity index (χ0) is 12.3. The molecule has 0 aliphatic carbocycles. The summed E-state index contributed by atoms with van der Waals surface area (Å²) in [6, 6.07) is 2.60. The molecule has 0 aliphatic rings. The van der Waals surface area contributed by atoms with Crippen molar-refractivity contribution in [3.05, 3.63) is 23.7 Å². The Bertz CT molecular complexity index is 373. The number of rotatable bonds is 4. The van der Waals surface area contributed by atoms with E-state index >= 15 is 0 Å². The van der Waals surface area contributed by atoms with Crippen LogP contribution in [0.3, 0.4) is 0 Å². The number of carbonyl (C=O) groups is 1. The van der Waals surface area contributed by atoms with Gasteiger partial charge in [-0.15, -0.1) is 0 Å². The highest BCUT2D eigenvalue weighted by atomic mass is 19.3. The van der Waals surface area contributed by atoms with Crippen LogP contribution in [0.5, 0.6) is 0 Å². The molecule has 1 heterocycles. The summed E-state index contributed by atoms with van der Waals surface area (Å²) in [6.45, 7) is 2.76. The Kier molecular flexibility index (Phi) is 3.64. The van der Waals surface area contributed by atoms with Crippen LogP contribution in [0.25, 0.3) is 0 Å². The van der Waals surface area contributed by atoms with Gasteiger partial charge in [-0.3, -0.25) is 0 Å². The Morgan fingerprint density at radius 2 is 2.25 bits per heavy atom. The summed E-state index contributed by atoms with van der Waals surface area (Å²) in [5, 5.41) is 9.31. The molecule has 0 bridgehead atoms. The maximum Gasteiger partial charge on any atom is 0.380 e. The lowest BCUT2D eigenvalue weighted by molar-refractivity contribution is -0.190. The zero-order valence-corrected chi connectivity index (χ0v) is 8.87. The second-order valence-electron chi connectivity index (χ2n) is 3.19. The minimum atomic E-state index is -4.01. The normalized spacial score (nSPS) is 13.6. The molecule has 4 nitrogen and oxygen atoms in total. The van der Waals surface area contributed by atoms with Crippen LogP contribution in [0.2, 0.25) is 0 Å². The number of carbonyl (C=O) groups excluding carboxylic acids is 1. The number of furan rings is 1. The number of aliphatic hydroxyl groups is 1. The fraction of sp³-hybridized carbons (Fsp3) is 0.500. The highest BCUT2D eigenvalue weighted by Crippen LogP contribution is 2.33. The third kappa shape index (κ3) is 2.38. The Hall–Kier alpha value is -1.43. The van der Waals surface area contributed by atoms with Crippen LogP contribution in [0.4, 0.5) is 8.78 Å². The van der Waals surface area contributed by atoms with Gasteiger partial charge in [-0.25, -0.2) is 4.79 Å². The van der Waals surface area contributed by atoms with Crippen molar-refractivity contribution in [3.8, 4) is 0 Å². The van der Waals surface area contributed by atoms with Crippen molar-refractivity contribution in [1.29, 1.82) is 0 Å². The lowest BCUT2D eigenvalue weighted by atomic mass is 10.1. The number of hydrogen-bond donors (Lipinski definition) is 1. The first-order valence-corrected chi connectivity index (χ1v) is 4.69. The highest BCUT2D eigenvalue weighted by molar-refractivity contribution is 5.78. The lowest BCUT2D eigenvalue weighted by Crippen LogP contribution is -2.37. The molecule has 16 heavy (non-hydrogen) atoms. The molecule has 0 amide bonds. The van der Waals surface area contributed by atoms with Crippen LogP contribution in [0.15, 0.2) is 16.5 Å². The summed E-state index contributed by atoms with van der Waals surface area (Å²) in [6.07, 6.45) is -2.33. The van der Waals surface area contributed by atoms with E-state index < -0.39 is 18.0 Å². The number of aliphatic hydroxyl groups excluding tert-OH is 1. The molecule has 1 N–H and O–H groups in total. The molecule has 0 spiro atoms. The summed E-state index contributed by atoms with van der Waals surface area (Å²) in [4.78, 5) is 10.9. The van der Waals surface area contributed by atoms with E-state index in [1.165, 1.54) is 19.1 Å². The molecule has 1 atom stereocenters. The number of aryl methyl sites for hydroxylation is 1. The minimum Gasteiger partial charge on any atom is -0.463 e. The third-order valence-corrected chi connectivity index (χ3v) is 1.92. The summed E-state index contributed by atoms with van der Waals surface area (Å²) >= 11 is 0. The fourth-order valence-electron chi connectivity index (χ4n) is 1.12. The molecule has 1 aromatic heterocycles. The number of hydrogen-bond acceptors (Lipinski definition) is 4. The molecule has 6 heteroatoms. The Morgan fingerprint density at radius 1 is 1.62 bits per heavy atom. The maximum absolute atomic E-state index is 13.3. The molecular formula is C10H12F2O4. The molecule has 0 saturated heterocycles. The molecule has 0 fully saturated rings. The zero-order valence-electron chi connectivity index (χ0n) is 8.87. The smallest absolute Gasteiger partial charge is 0.380 e. The van der Waals surface area contributed by atoms with E-state index in [0.29, 0.717) is 5.76 Å². The van der Waals surface area contributed by atoms with Gasteiger partial charge in [-0.05, 0) is 26.0 Å². The van der Waals surface area contributed by atoms with E-state index in [-0.39, 0.29) is 12.4 Å². The van der Waals surface area contributed by atoms with Crippen LogP contribution in [-0.2, 0) is 9.53 Å². The molecule has 0 aliphatic heterocycles. The highest BCUT2D eigenvalue weighted by Gasteiger charge is 2.50. The minimum absolute atomic E-state index is 0.182. The maximum atomic E-state index is 13.3. The third-order valence-electron chi connectivity index (χ3n) is 1.92. The van der Waals surface area contributed by atoms with Gasteiger partial charge in [0.25, 0.3) is 0 Å². The second-order valence-corrected chi connectivity index (χ2v) is 3.19. The van der Waals surface area contributed by atoms with Crippen LogP contribution < -0.4 is 0 Å². The van der Waals surface area contributed by atoms with E-state index in [1.54, 1.807) is 6.92 Å². The first-order valence-electron chi connectivity index (χ1n) is 4.69. The fourth-order valence-corrected chi connectivity index (χ4v) is 1.12. The van der Waals surface area contributed by atoms with Gasteiger partial charge in [0, 0.05) is 0 Å². The Balaban J connectivity index is 2.87. The first-order chi connectivity index (χ1) is 7.39.